The highest BCUT2D eigenvalue weighted by Crippen LogP contribution is 2.16. The molecule has 0 bridgehead atoms. The number of hydrogen-bond acceptors (Lipinski definition) is 4. The first-order valence-corrected chi connectivity index (χ1v) is 7.16. The van der Waals surface area contributed by atoms with Crippen molar-refractivity contribution < 1.29 is 0 Å². The van der Waals surface area contributed by atoms with Gasteiger partial charge in [-0.1, -0.05) is 12.2 Å². The van der Waals surface area contributed by atoms with E-state index in [-0.39, 0.29) is 0 Å². The van der Waals surface area contributed by atoms with Crippen molar-refractivity contribution in [3.8, 4) is 0 Å². The van der Waals surface area contributed by atoms with Crippen LogP contribution in [0.5, 0.6) is 0 Å². The van der Waals surface area contributed by atoms with Crippen LogP contribution in [0.3, 0.4) is 0 Å². The van der Waals surface area contributed by atoms with Gasteiger partial charge in [-0.2, -0.15) is 0 Å². The number of hydrogen-bond donors (Lipinski definition) is 2. The molecule has 0 spiro atoms. The minimum absolute atomic E-state index is 0.422. The topological polar surface area (TPSA) is 54.2 Å². The van der Waals surface area contributed by atoms with Crippen molar-refractivity contribution in [1.29, 1.82) is 0 Å². The van der Waals surface area contributed by atoms with Crippen LogP contribution in [0.2, 0.25) is 0 Å². The summed E-state index contributed by atoms with van der Waals surface area (Å²) < 4.78 is 0. The highest BCUT2D eigenvalue weighted by atomic mass is 32.1. The van der Waals surface area contributed by atoms with Gasteiger partial charge in [-0.3, -0.25) is 0 Å². The zero-order valence-corrected chi connectivity index (χ0v) is 12.5. The van der Waals surface area contributed by atoms with Gasteiger partial charge in [-0.25, -0.2) is 4.98 Å². The number of nitrogens with zero attached hydrogens (tertiary/aromatic N) is 2. The molecule has 1 aliphatic heterocycles. The average Bonchev–Trinajstić information content (AvgIpc) is 2.36. The first-order valence-electron chi connectivity index (χ1n) is 6.75. The van der Waals surface area contributed by atoms with Crippen molar-refractivity contribution >= 4 is 23.0 Å². The number of nitrogens with two attached hydrogens (primary N) is 1. The van der Waals surface area contributed by atoms with Crippen molar-refractivity contribution in [3.05, 3.63) is 23.4 Å². The normalized spacial score (nSPS) is 20.2. The van der Waals surface area contributed by atoms with E-state index in [0.717, 1.165) is 30.2 Å². The Morgan fingerprint density at radius 2 is 2.37 bits per heavy atom. The summed E-state index contributed by atoms with van der Waals surface area (Å²) >= 11 is 5.02. The molecule has 0 saturated carbocycles. The van der Waals surface area contributed by atoms with Gasteiger partial charge in [0.15, 0.2) is 0 Å². The molecule has 2 rings (SSSR count). The maximum absolute atomic E-state index is 5.68. The van der Waals surface area contributed by atoms with Crippen LogP contribution in [0.4, 0.5) is 5.82 Å². The molecule has 0 amide bonds. The fraction of sp³-hybridized carbons (Fsp3) is 0.571. The van der Waals surface area contributed by atoms with Gasteiger partial charge in [0.1, 0.15) is 10.8 Å². The fourth-order valence-electron chi connectivity index (χ4n) is 2.59. The molecule has 1 fully saturated rings. The molecule has 5 heteroatoms. The summed E-state index contributed by atoms with van der Waals surface area (Å²) in [6.07, 6.45) is 2.56. The largest absolute Gasteiger partial charge is 0.389 e. The van der Waals surface area contributed by atoms with E-state index >= 15 is 0 Å². The third kappa shape index (κ3) is 4.14. The second-order valence-corrected chi connectivity index (χ2v) is 5.84. The predicted molar refractivity (Wildman–Crippen MR) is 83.6 cm³/mol. The average molecular weight is 278 g/mol. The molecule has 1 aromatic heterocycles. The lowest BCUT2D eigenvalue weighted by Crippen LogP contribution is -2.35. The van der Waals surface area contributed by atoms with Crippen LogP contribution >= 0.6 is 12.2 Å². The number of aryl methyl sites for hydroxylation is 1. The third-order valence-electron chi connectivity index (χ3n) is 3.53. The van der Waals surface area contributed by atoms with Crippen molar-refractivity contribution in [3.63, 3.8) is 0 Å². The zero-order valence-electron chi connectivity index (χ0n) is 11.6. The zero-order chi connectivity index (χ0) is 13.8. The lowest BCUT2D eigenvalue weighted by Gasteiger charge is -2.29. The van der Waals surface area contributed by atoms with Crippen LogP contribution in [-0.4, -0.2) is 41.6 Å². The molecular formula is C14H22N4S. The van der Waals surface area contributed by atoms with Gasteiger partial charge < -0.3 is 16.0 Å². The molecule has 0 radical (unpaired) electrons. The Kier molecular flexibility index (Phi) is 4.71. The standard InChI is InChI=1S/C14H22N4S/c1-10-6-12(14(15)19)7-13(17-10)16-8-11-4-3-5-18(2)9-11/h6-7,11H,3-5,8-9H2,1-2H3,(H2,15,19)(H,16,17). The van der Waals surface area contributed by atoms with Crippen molar-refractivity contribution in [2.24, 2.45) is 11.7 Å². The number of aromatic nitrogens is 1. The summed E-state index contributed by atoms with van der Waals surface area (Å²) in [5.74, 6) is 1.56. The second kappa shape index (κ2) is 6.30. The number of piperidine rings is 1. The van der Waals surface area contributed by atoms with Crippen LogP contribution in [0.15, 0.2) is 12.1 Å². The minimum Gasteiger partial charge on any atom is -0.389 e. The molecule has 1 atom stereocenters. The Morgan fingerprint density at radius 1 is 1.58 bits per heavy atom. The second-order valence-electron chi connectivity index (χ2n) is 5.40. The van der Waals surface area contributed by atoms with Crippen LogP contribution in [0.25, 0.3) is 0 Å². The molecule has 1 unspecified atom stereocenters. The summed E-state index contributed by atoms with van der Waals surface area (Å²) in [7, 11) is 2.18. The monoisotopic (exact) mass is 278 g/mol. The molecule has 4 nitrogen and oxygen atoms in total. The molecule has 2 heterocycles. The lowest BCUT2D eigenvalue weighted by atomic mass is 9.98. The maximum atomic E-state index is 5.68. The smallest absolute Gasteiger partial charge is 0.126 e. The minimum atomic E-state index is 0.422. The van der Waals surface area contributed by atoms with Crippen LogP contribution in [0, 0.1) is 12.8 Å². The van der Waals surface area contributed by atoms with E-state index in [1.807, 2.05) is 19.1 Å². The maximum Gasteiger partial charge on any atom is 0.126 e. The number of pyridine rings is 1. The van der Waals surface area contributed by atoms with E-state index in [9.17, 15) is 0 Å². The van der Waals surface area contributed by atoms with E-state index in [1.54, 1.807) is 0 Å². The predicted octanol–water partition coefficient (Wildman–Crippen LogP) is 1.78. The highest BCUT2D eigenvalue weighted by molar-refractivity contribution is 7.80. The fourth-order valence-corrected chi connectivity index (χ4v) is 2.71. The molecule has 19 heavy (non-hydrogen) atoms. The molecule has 1 aromatic rings. The first kappa shape index (κ1) is 14.2. The SMILES string of the molecule is Cc1cc(C(N)=S)cc(NCC2CCCN(C)C2)n1. The van der Waals surface area contributed by atoms with Crippen molar-refractivity contribution in [2.45, 2.75) is 19.8 Å². The Balaban J connectivity index is 1.97. The Hall–Kier alpha value is -1.20. The van der Waals surface area contributed by atoms with E-state index in [0.29, 0.717) is 10.9 Å². The van der Waals surface area contributed by atoms with Gasteiger partial charge in [-0.05, 0) is 51.4 Å². The summed E-state index contributed by atoms with van der Waals surface area (Å²) in [6.45, 7) is 5.28. The molecule has 104 valence electrons. The molecule has 1 aliphatic rings. The number of rotatable bonds is 4. The Bertz CT molecular complexity index is 461. The number of likely N-dealkylation sites (tertiary alicyclic amines) is 1. The number of anilines is 1. The molecular weight excluding hydrogens is 256 g/mol. The van der Waals surface area contributed by atoms with Gasteiger partial charge in [-0.15, -0.1) is 0 Å². The van der Waals surface area contributed by atoms with Crippen LogP contribution in [0.1, 0.15) is 24.1 Å². The van der Waals surface area contributed by atoms with E-state index in [2.05, 4.69) is 22.2 Å². The van der Waals surface area contributed by atoms with Gasteiger partial charge >= 0.3 is 0 Å². The first-order chi connectivity index (χ1) is 9.04. The van der Waals surface area contributed by atoms with Gasteiger partial charge in [0.05, 0.1) is 0 Å². The molecule has 1 saturated heterocycles. The van der Waals surface area contributed by atoms with E-state index in [1.165, 1.54) is 19.4 Å². The van der Waals surface area contributed by atoms with E-state index in [4.69, 9.17) is 18.0 Å². The molecule has 3 N–H and O–H groups in total. The van der Waals surface area contributed by atoms with Crippen LogP contribution in [-0.2, 0) is 0 Å². The van der Waals surface area contributed by atoms with E-state index < -0.39 is 0 Å². The summed E-state index contributed by atoms with van der Waals surface area (Å²) in [4.78, 5) is 7.29. The number of nitrogens with one attached hydrogen (secondary N) is 1. The molecule has 0 aromatic carbocycles. The summed E-state index contributed by atoms with van der Waals surface area (Å²) in [5.41, 5.74) is 7.50. The van der Waals surface area contributed by atoms with Gasteiger partial charge in [0, 0.05) is 24.3 Å². The van der Waals surface area contributed by atoms with Crippen LogP contribution < -0.4 is 11.1 Å². The number of thiocarbonyl (C=S) groups is 1. The summed E-state index contributed by atoms with van der Waals surface area (Å²) in [6, 6.07) is 3.85. The van der Waals surface area contributed by atoms with Crippen molar-refractivity contribution in [2.75, 3.05) is 32.0 Å². The third-order valence-corrected chi connectivity index (χ3v) is 3.77. The summed E-state index contributed by atoms with van der Waals surface area (Å²) in [5, 5.41) is 3.42. The quantitative estimate of drug-likeness (QED) is 0.822. The van der Waals surface area contributed by atoms with Gasteiger partial charge in [0.25, 0.3) is 0 Å². The Labute approximate surface area is 120 Å². The molecule has 0 aliphatic carbocycles. The lowest BCUT2D eigenvalue weighted by molar-refractivity contribution is 0.217. The Morgan fingerprint density at radius 3 is 3.05 bits per heavy atom. The highest BCUT2D eigenvalue weighted by Gasteiger charge is 2.16. The van der Waals surface area contributed by atoms with Gasteiger partial charge in [0.2, 0.25) is 0 Å². The van der Waals surface area contributed by atoms with Crippen molar-refractivity contribution in [1.82, 2.24) is 9.88 Å².